The lowest BCUT2D eigenvalue weighted by atomic mass is 10.1. The third-order valence-electron chi connectivity index (χ3n) is 2.82. The maximum Gasteiger partial charge on any atom is 0.138 e. The van der Waals surface area contributed by atoms with Gasteiger partial charge in [0.2, 0.25) is 0 Å². The van der Waals surface area contributed by atoms with Gasteiger partial charge in [-0.1, -0.05) is 5.16 Å². The van der Waals surface area contributed by atoms with Gasteiger partial charge in [-0.3, -0.25) is 0 Å². The summed E-state index contributed by atoms with van der Waals surface area (Å²) in [5.74, 6) is 0.807. The minimum atomic E-state index is 0.473. The van der Waals surface area contributed by atoms with Crippen LogP contribution in [0.2, 0.25) is 0 Å². The van der Waals surface area contributed by atoms with E-state index in [2.05, 4.69) is 10.5 Å². The molecule has 0 aliphatic heterocycles. The minimum Gasteiger partial charge on any atom is -0.398 e. The fourth-order valence-electron chi connectivity index (χ4n) is 1.72. The molecule has 0 aliphatic carbocycles. The number of hydrogen-bond donors (Lipinski definition) is 2. The maximum atomic E-state index is 8.79. The number of nitrogen functional groups attached to an aromatic ring is 1. The molecule has 0 radical (unpaired) electrons. The van der Waals surface area contributed by atoms with Crippen LogP contribution in [0.4, 0.5) is 11.4 Å². The van der Waals surface area contributed by atoms with Crippen molar-refractivity contribution >= 4 is 11.4 Å². The summed E-state index contributed by atoms with van der Waals surface area (Å²) in [6.45, 7) is 4.40. The Hall–Kier alpha value is -2.48. The molecule has 0 aliphatic rings. The van der Waals surface area contributed by atoms with Crippen LogP contribution in [0.15, 0.2) is 22.7 Å². The van der Waals surface area contributed by atoms with Gasteiger partial charge in [-0.05, 0) is 32.0 Å². The average molecular weight is 242 g/mol. The van der Waals surface area contributed by atoms with Crippen LogP contribution in [0.1, 0.15) is 22.6 Å². The number of aromatic nitrogens is 1. The van der Waals surface area contributed by atoms with Gasteiger partial charge in [-0.15, -0.1) is 0 Å². The Morgan fingerprint density at radius 1 is 1.44 bits per heavy atom. The van der Waals surface area contributed by atoms with Crippen LogP contribution in [0.3, 0.4) is 0 Å². The number of hydrogen-bond acceptors (Lipinski definition) is 5. The Balaban J connectivity index is 2.12. The standard InChI is InChI=1S/C13H14N4O/c1-8-12(9(2)18-17-8)7-16-11-4-3-10(6-14)13(15)5-11/h3-5,16H,7,15H2,1-2H3. The van der Waals surface area contributed by atoms with Crippen LogP contribution >= 0.6 is 0 Å². The predicted molar refractivity (Wildman–Crippen MR) is 68.9 cm³/mol. The van der Waals surface area contributed by atoms with Crippen molar-refractivity contribution in [3.05, 3.63) is 40.8 Å². The summed E-state index contributed by atoms with van der Waals surface area (Å²) >= 11 is 0. The van der Waals surface area contributed by atoms with E-state index in [1.165, 1.54) is 0 Å². The van der Waals surface area contributed by atoms with E-state index in [1.807, 2.05) is 26.0 Å². The molecule has 5 heteroatoms. The normalized spacial score (nSPS) is 10.1. The number of benzene rings is 1. The van der Waals surface area contributed by atoms with Crippen molar-refractivity contribution in [3.63, 3.8) is 0 Å². The van der Waals surface area contributed by atoms with Crippen molar-refractivity contribution in [1.82, 2.24) is 5.16 Å². The van der Waals surface area contributed by atoms with Gasteiger partial charge in [0.15, 0.2) is 0 Å². The summed E-state index contributed by atoms with van der Waals surface area (Å²) in [6, 6.07) is 7.31. The molecule has 0 saturated carbocycles. The van der Waals surface area contributed by atoms with Crippen LogP contribution in [-0.2, 0) is 6.54 Å². The lowest BCUT2D eigenvalue weighted by Crippen LogP contribution is -2.02. The molecule has 18 heavy (non-hydrogen) atoms. The van der Waals surface area contributed by atoms with E-state index >= 15 is 0 Å². The van der Waals surface area contributed by atoms with Crippen LogP contribution in [0, 0.1) is 25.2 Å². The largest absolute Gasteiger partial charge is 0.398 e. The number of nitriles is 1. The van der Waals surface area contributed by atoms with Crippen molar-refractivity contribution in [2.45, 2.75) is 20.4 Å². The summed E-state index contributed by atoms with van der Waals surface area (Å²) < 4.78 is 5.09. The third kappa shape index (κ3) is 2.28. The molecule has 1 aromatic carbocycles. The zero-order chi connectivity index (χ0) is 13.1. The number of nitrogens with one attached hydrogen (secondary N) is 1. The van der Waals surface area contributed by atoms with Gasteiger partial charge in [0, 0.05) is 17.8 Å². The van der Waals surface area contributed by atoms with Gasteiger partial charge in [0.25, 0.3) is 0 Å². The van der Waals surface area contributed by atoms with Gasteiger partial charge in [0.05, 0.1) is 16.9 Å². The lowest BCUT2D eigenvalue weighted by Gasteiger charge is -2.07. The molecule has 0 bridgehead atoms. The smallest absolute Gasteiger partial charge is 0.138 e. The molecule has 0 spiro atoms. The Bertz CT molecular complexity index is 590. The number of anilines is 2. The Morgan fingerprint density at radius 2 is 2.22 bits per heavy atom. The number of nitrogens with two attached hydrogens (primary N) is 1. The van der Waals surface area contributed by atoms with Gasteiger partial charge >= 0.3 is 0 Å². The second-order valence-corrected chi connectivity index (χ2v) is 4.07. The van der Waals surface area contributed by atoms with E-state index in [-0.39, 0.29) is 0 Å². The summed E-state index contributed by atoms with van der Waals surface area (Å²) in [5.41, 5.74) is 9.49. The minimum absolute atomic E-state index is 0.473. The first kappa shape index (κ1) is 12.0. The molecule has 1 aromatic heterocycles. The highest BCUT2D eigenvalue weighted by atomic mass is 16.5. The van der Waals surface area contributed by atoms with E-state index in [9.17, 15) is 0 Å². The Kier molecular flexibility index (Phi) is 3.20. The van der Waals surface area contributed by atoms with E-state index in [0.717, 1.165) is 22.7 Å². The highest BCUT2D eigenvalue weighted by Crippen LogP contribution is 2.19. The first-order valence-corrected chi connectivity index (χ1v) is 5.57. The fourth-order valence-corrected chi connectivity index (χ4v) is 1.72. The molecular formula is C13H14N4O. The molecule has 0 amide bonds. The quantitative estimate of drug-likeness (QED) is 0.806. The molecule has 0 atom stereocenters. The number of aryl methyl sites for hydroxylation is 2. The molecule has 2 aromatic rings. The lowest BCUT2D eigenvalue weighted by molar-refractivity contribution is 0.392. The van der Waals surface area contributed by atoms with Crippen molar-refractivity contribution in [3.8, 4) is 6.07 Å². The second kappa shape index (κ2) is 4.80. The highest BCUT2D eigenvalue weighted by molar-refractivity contribution is 5.62. The predicted octanol–water partition coefficient (Wildman–Crippen LogP) is 2.36. The SMILES string of the molecule is Cc1noc(C)c1CNc1ccc(C#N)c(N)c1. The number of nitrogens with zero attached hydrogens (tertiary/aromatic N) is 2. The van der Waals surface area contributed by atoms with E-state index in [0.29, 0.717) is 17.8 Å². The van der Waals surface area contributed by atoms with Gasteiger partial charge < -0.3 is 15.6 Å². The van der Waals surface area contributed by atoms with E-state index in [1.54, 1.807) is 12.1 Å². The Morgan fingerprint density at radius 3 is 2.78 bits per heavy atom. The van der Waals surface area contributed by atoms with E-state index < -0.39 is 0 Å². The zero-order valence-corrected chi connectivity index (χ0v) is 10.3. The van der Waals surface area contributed by atoms with Gasteiger partial charge in [-0.25, -0.2) is 0 Å². The molecule has 0 fully saturated rings. The van der Waals surface area contributed by atoms with Gasteiger partial charge in [0.1, 0.15) is 11.8 Å². The summed E-state index contributed by atoms with van der Waals surface area (Å²) in [4.78, 5) is 0. The topological polar surface area (TPSA) is 87.9 Å². The number of rotatable bonds is 3. The fraction of sp³-hybridized carbons (Fsp3) is 0.231. The maximum absolute atomic E-state index is 8.79. The zero-order valence-electron chi connectivity index (χ0n) is 10.3. The molecule has 3 N–H and O–H groups in total. The molecule has 92 valence electrons. The molecule has 1 heterocycles. The summed E-state index contributed by atoms with van der Waals surface area (Å²) in [7, 11) is 0. The Labute approximate surface area is 105 Å². The molecule has 2 rings (SSSR count). The van der Waals surface area contributed by atoms with Crippen LogP contribution in [0.5, 0.6) is 0 Å². The average Bonchev–Trinajstić information content (AvgIpc) is 2.67. The first-order valence-electron chi connectivity index (χ1n) is 5.57. The monoisotopic (exact) mass is 242 g/mol. The van der Waals surface area contributed by atoms with Crippen molar-refractivity contribution in [2.75, 3.05) is 11.1 Å². The molecular weight excluding hydrogens is 228 g/mol. The highest BCUT2D eigenvalue weighted by Gasteiger charge is 2.08. The summed E-state index contributed by atoms with van der Waals surface area (Å²) in [6.07, 6.45) is 0. The van der Waals surface area contributed by atoms with Crippen molar-refractivity contribution in [2.24, 2.45) is 0 Å². The van der Waals surface area contributed by atoms with Crippen LogP contribution in [0.25, 0.3) is 0 Å². The van der Waals surface area contributed by atoms with Crippen molar-refractivity contribution in [1.29, 1.82) is 5.26 Å². The third-order valence-corrected chi connectivity index (χ3v) is 2.82. The first-order chi connectivity index (χ1) is 8.61. The van der Waals surface area contributed by atoms with Crippen LogP contribution < -0.4 is 11.1 Å². The second-order valence-electron chi connectivity index (χ2n) is 4.07. The van der Waals surface area contributed by atoms with E-state index in [4.69, 9.17) is 15.5 Å². The summed E-state index contributed by atoms with van der Waals surface area (Å²) in [5, 5.41) is 15.9. The molecule has 0 saturated heterocycles. The molecule has 5 nitrogen and oxygen atoms in total. The van der Waals surface area contributed by atoms with Gasteiger partial charge in [-0.2, -0.15) is 5.26 Å². The molecule has 0 unspecified atom stereocenters. The van der Waals surface area contributed by atoms with Crippen LogP contribution in [-0.4, -0.2) is 5.16 Å². The van der Waals surface area contributed by atoms with Crippen molar-refractivity contribution < 1.29 is 4.52 Å².